The van der Waals surface area contributed by atoms with E-state index in [0.717, 1.165) is 0 Å². The molecule has 0 aliphatic rings. The number of rotatable bonds is 2. The molecule has 0 saturated heterocycles. The van der Waals surface area contributed by atoms with Crippen molar-refractivity contribution in [2.24, 2.45) is 0 Å². The van der Waals surface area contributed by atoms with Crippen molar-refractivity contribution in [2.45, 2.75) is 27.9 Å². The van der Waals surface area contributed by atoms with Gasteiger partial charge in [-0.05, 0) is 6.92 Å². The van der Waals surface area contributed by atoms with Gasteiger partial charge in [0.05, 0.1) is 5.38 Å². The molecule has 0 aromatic carbocycles. The molecular weight excluding hydrogens is 237 g/mol. The molecule has 62 valence electrons. The summed E-state index contributed by atoms with van der Waals surface area (Å²) in [7, 11) is 0. The lowest BCUT2D eigenvalue weighted by atomic mass is 10.2. The zero-order chi connectivity index (χ0) is 8.36. The molecule has 0 aliphatic carbocycles. The summed E-state index contributed by atoms with van der Waals surface area (Å²) < 4.78 is -1.30. The van der Waals surface area contributed by atoms with Crippen LogP contribution in [0.3, 0.4) is 0 Å². The maximum absolute atomic E-state index is 5.72. The third-order valence-corrected chi connectivity index (χ3v) is 2.35. The predicted molar refractivity (Wildman–Crippen MR) is 49.9 cm³/mol. The molecule has 0 aromatic rings. The fourth-order valence-corrected chi connectivity index (χ4v) is 1.44. The van der Waals surface area contributed by atoms with Crippen LogP contribution in [0.15, 0.2) is 0 Å². The van der Waals surface area contributed by atoms with Crippen molar-refractivity contribution in [1.29, 1.82) is 0 Å². The molecule has 0 rings (SSSR count). The van der Waals surface area contributed by atoms with Gasteiger partial charge in [0.15, 0.2) is 3.79 Å². The van der Waals surface area contributed by atoms with Gasteiger partial charge in [-0.25, -0.2) is 0 Å². The predicted octanol–water partition coefficient (Wildman–Crippen LogP) is 3.98. The highest BCUT2D eigenvalue weighted by molar-refractivity contribution is 6.67. The molecule has 0 bridgehead atoms. The highest BCUT2D eigenvalue weighted by Crippen LogP contribution is 2.34. The second-order valence-corrected chi connectivity index (χ2v) is 5.78. The smallest absolute Gasteiger partial charge is 0.122 e. The molecule has 2 atom stereocenters. The minimum absolute atomic E-state index is 0.183. The van der Waals surface area contributed by atoms with Gasteiger partial charge < -0.3 is 0 Å². The third kappa shape index (κ3) is 6.18. The lowest BCUT2D eigenvalue weighted by Gasteiger charge is -2.16. The Morgan fingerprint density at radius 2 is 1.60 bits per heavy atom. The molecule has 2 unspecified atom stereocenters. The van der Waals surface area contributed by atoms with Gasteiger partial charge in [0.1, 0.15) is 0 Å². The Balaban J connectivity index is 3.68. The van der Waals surface area contributed by atoms with Crippen LogP contribution in [0.5, 0.6) is 0 Å². The van der Waals surface area contributed by atoms with Gasteiger partial charge in [-0.15, -0.1) is 23.2 Å². The Morgan fingerprint density at radius 1 is 1.20 bits per heavy atom. The Bertz CT molecular complexity index is 94.7. The minimum Gasteiger partial charge on any atom is -0.122 e. The maximum atomic E-state index is 5.72. The molecule has 0 saturated carbocycles. The molecule has 10 heavy (non-hydrogen) atoms. The van der Waals surface area contributed by atoms with Crippen LogP contribution in [-0.4, -0.2) is 14.5 Å². The summed E-state index contributed by atoms with van der Waals surface area (Å²) in [6.07, 6.45) is 0.268. The maximum Gasteiger partial charge on any atom is 0.192 e. The van der Waals surface area contributed by atoms with E-state index >= 15 is 0 Å². The summed E-state index contributed by atoms with van der Waals surface area (Å²) in [6.45, 7) is 1.76. The molecule has 5 heteroatoms. The van der Waals surface area contributed by atoms with Crippen molar-refractivity contribution in [3.63, 3.8) is 0 Å². The van der Waals surface area contributed by atoms with Gasteiger partial charge >= 0.3 is 0 Å². The molecular formula is C5H7Cl5. The third-order valence-electron chi connectivity index (χ3n) is 0.925. The van der Waals surface area contributed by atoms with Crippen LogP contribution < -0.4 is 0 Å². The largest absolute Gasteiger partial charge is 0.192 e. The number of hydrogen-bond donors (Lipinski definition) is 0. The second kappa shape index (κ2) is 4.47. The van der Waals surface area contributed by atoms with Crippen molar-refractivity contribution < 1.29 is 0 Å². The van der Waals surface area contributed by atoms with E-state index in [2.05, 4.69) is 0 Å². The van der Waals surface area contributed by atoms with Crippen LogP contribution >= 0.6 is 58.0 Å². The average molecular weight is 244 g/mol. The zero-order valence-electron chi connectivity index (χ0n) is 5.25. The fraction of sp³-hybridized carbons (Fsp3) is 1.00. The van der Waals surface area contributed by atoms with Crippen LogP contribution in [-0.2, 0) is 0 Å². The standard InChI is InChI=1S/C5H7Cl5/c1-3(6)4(7)2-5(8,9)10/h3-4H,2H2,1H3. The van der Waals surface area contributed by atoms with Gasteiger partial charge in [0.25, 0.3) is 0 Å². The van der Waals surface area contributed by atoms with E-state index in [0.29, 0.717) is 0 Å². The molecule has 0 aromatic heterocycles. The van der Waals surface area contributed by atoms with Gasteiger partial charge in [0.2, 0.25) is 0 Å². The van der Waals surface area contributed by atoms with Crippen LogP contribution in [0.2, 0.25) is 0 Å². The van der Waals surface area contributed by atoms with Crippen LogP contribution in [0.4, 0.5) is 0 Å². The first-order chi connectivity index (χ1) is 4.33. The molecule has 0 nitrogen and oxygen atoms in total. The van der Waals surface area contributed by atoms with Crippen molar-refractivity contribution in [3.8, 4) is 0 Å². The molecule has 0 amide bonds. The van der Waals surface area contributed by atoms with Crippen molar-refractivity contribution in [3.05, 3.63) is 0 Å². The highest BCUT2D eigenvalue weighted by Gasteiger charge is 2.26. The SMILES string of the molecule is CC(Cl)C(Cl)CC(Cl)(Cl)Cl. The molecule has 0 radical (unpaired) electrons. The summed E-state index contributed by atoms with van der Waals surface area (Å²) in [4.78, 5) is 0. The molecule has 0 fully saturated rings. The Hall–Kier alpha value is 1.45. The van der Waals surface area contributed by atoms with E-state index in [1.807, 2.05) is 0 Å². The van der Waals surface area contributed by atoms with E-state index in [9.17, 15) is 0 Å². The number of hydrogen-bond acceptors (Lipinski definition) is 0. The van der Waals surface area contributed by atoms with E-state index in [4.69, 9.17) is 58.0 Å². The van der Waals surface area contributed by atoms with Crippen molar-refractivity contribution in [2.75, 3.05) is 0 Å². The average Bonchev–Trinajstić information content (AvgIpc) is 1.60. The van der Waals surface area contributed by atoms with Gasteiger partial charge in [-0.1, -0.05) is 34.8 Å². The Kier molecular flexibility index (Phi) is 5.12. The van der Waals surface area contributed by atoms with Gasteiger partial charge in [-0.2, -0.15) is 0 Å². The number of alkyl halides is 5. The fourth-order valence-electron chi connectivity index (χ4n) is 0.384. The lowest BCUT2D eigenvalue weighted by molar-refractivity contribution is 0.750. The first kappa shape index (κ1) is 11.4. The molecule has 0 aliphatic heterocycles. The first-order valence-electron chi connectivity index (χ1n) is 2.68. The normalized spacial score (nSPS) is 18.6. The Morgan fingerprint density at radius 3 is 1.70 bits per heavy atom. The summed E-state index contributed by atoms with van der Waals surface area (Å²) >= 11 is 27.7. The summed E-state index contributed by atoms with van der Waals surface area (Å²) in [6, 6.07) is 0. The quantitative estimate of drug-likeness (QED) is 0.644. The monoisotopic (exact) mass is 242 g/mol. The lowest BCUT2D eigenvalue weighted by Crippen LogP contribution is -2.18. The Labute approximate surface area is 85.7 Å². The van der Waals surface area contributed by atoms with Crippen LogP contribution in [0.1, 0.15) is 13.3 Å². The van der Waals surface area contributed by atoms with Crippen LogP contribution in [0.25, 0.3) is 0 Å². The molecule has 0 spiro atoms. The van der Waals surface area contributed by atoms with Gasteiger partial charge in [0, 0.05) is 11.8 Å². The van der Waals surface area contributed by atoms with Crippen molar-refractivity contribution >= 4 is 58.0 Å². The molecule has 0 N–H and O–H groups in total. The summed E-state index contributed by atoms with van der Waals surface area (Å²) in [5.74, 6) is 0. The molecule has 0 heterocycles. The van der Waals surface area contributed by atoms with E-state index < -0.39 is 3.79 Å². The van der Waals surface area contributed by atoms with E-state index in [1.54, 1.807) is 6.92 Å². The minimum atomic E-state index is -1.30. The van der Waals surface area contributed by atoms with E-state index in [1.165, 1.54) is 0 Å². The summed E-state index contributed by atoms with van der Waals surface area (Å²) in [5, 5.41) is -0.480. The van der Waals surface area contributed by atoms with Gasteiger partial charge in [-0.3, -0.25) is 0 Å². The van der Waals surface area contributed by atoms with E-state index in [-0.39, 0.29) is 17.2 Å². The first-order valence-corrected chi connectivity index (χ1v) is 4.68. The topological polar surface area (TPSA) is 0 Å². The highest BCUT2D eigenvalue weighted by atomic mass is 35.6. The second-order valence-electron chi connectivity index (χ2n) is 2.01. The summed E-state index contributed by atoms with van der Waals surface area (Å²) in [5.41, 5.74) is 0. The van der Waals surface area contributed by atoms with Crippen molar-refractivity contribution in [1.82, 2.24) is 0 Å². The van der Waals surface area contributed by atoms with Crippen LogP contribution in [0, 0.1) is 0 Å². The number of halogens is 5. The zero-order valence-corrected chi connectivity index (χ0v) is 9.03.